The van der Waals surface area contributed by atoms with Crippen LogP contribution in [0.25, 0.3) is 0 Å². The Morgan fingerprint density at radius 2 is 2.07 bits per heavy atom. The number of benzene rings is 1. The summed E-state index contributed by atoms with van der Waals surface area (Å²) >= 11 is 0. The van der Waals surface area contributed by atoms with Crippen LogP contribution in [0.5, 0.6) is 5.75 Å². The van der Waals surface area contributed by atoms with Crippen molar-refractivity contribution in [2.24, 2.45) is 0 Å². The number of nitrogens with one attached hydrogen (secondary N) is 1. The van der Waals surface area contributed by atoms with E-state index in [0.717, 1.165) is 17.7 Å². The molecule has 1 aliphatic rings. The van der Waals surface area contributed by atoms with Crippen LogP contribution in [-0.4, -0.2) is 25.9 Å². The summed E-state index contributed by atoms with van der Waals surface area (Å²) < 4.78 is 18.0. The summed E-state index contributed by atoms with van der Waals surface area (Å²) in [6.45, 7) is 0.501. The monoisotopic (exact) mass is 231 g/mol. The van der Waals surface area contributed by atoms with Gasteiger partial charge in [0.25, 0.3) is 0 Å². The molecule has 2 nitrogen and oxygen atoms in total. The Morgan fingerprint density at radius 3 is 2.47 bits per heavy atom. The van der Waals surface area contributed by atoms with Gasteiger partial charge in [-0.1, -0.05) is 12.1 Å². The zero-order valence-electron chi connectivity index (χ0n) is 8.57. The Kier molecular flexibility index (Phi) is 4.36. The summed E-state index contributed by atoms with van der Waals surface area (Å²) in [6.07, 6.45) is 0.0719. The van der Waals surface area contributed by atoms with E-state index in [1.807, 2.05) is 24.3 Å². The van der Waals surface area contributed by atoms with Gasteiger partial charge < -0.3 is 10.1 Å². The van der Waals surface area contributed by atoms with Crippen molar-refractivity contribution in [2.45, 2.75) is 18.6 Å². The molecule has 15 heavy (non-hydrogen) atoms. The highest BCUT2D eigenvalue weighted by atomic mass is 35.5. The maximum absolute atomic E-state index is 12.9. The molecular formula is C11H15ClFNO. The van der Waals surface area contributed by atoms with E-state index in [9.17, 15) is 4.39 Å². The molecule has 4 heteroatoms. The lowest BCUT2D eigenvalue weighted by molar-refractivity contribution is 0.158. The molecule has 0 aliphatic carbocycles. The fraction of sp³-hybridized carbons (Fsp3) is 0.455. The number of halogens is 2. The number of ether oxygens (including phenoxy) is 1. The van der Waals surface area contributed by atoms with Gasteiger partial charge in [0.15, 0.2) is 0 Å². The van der Waals surface area contributed by atoms with Crippen molar-refractivity contribution in [3.8, 4) is 5.75 Å². The molecule has 0 amide bonds. The van der Waals surface area contributed by atoms with Crippen LogP contribution >= 0.6 is 12.4 Å². The first kappa shape index (κ1) is 12.3. The van der Waals surface area contributed by atoms with Crippen LogP contribution in [0.3, 0.4) is 0 Å². The van der Waals surface area contributed by atoms with E-state index in [1.54, 1.807) is 7.11 Å². The lowest BCUT2D eigenvalue weighted by atomic mass is 9.96. The Bertz CT molecular complexity index is 304. The van der Waals surface area contributed by atoms with E-state index in [2.05, 4.69) is 5.32 Å². The van der Waals surface area contributed by atoms with E-state index in [4.69, 9.17) is 4.74 Å². The molecule has 0 radical (unpaired) electrons. The van der Waals surface area contributed by atoms with Crippen molar-refractivity contribution in [1.29, 1.82) is 0 Å². The topological polar surface area (TPSA) is 21.3 Å². The van der Waals surface area contributed by atoms with Gasteiger partial charge in [-0.05, 0) is 24.1 Å². The fourth-order valence-corrected chi connectivity index (χ4v) is 1.59. The van der Waals surface area contributed by atoms with Gasteiger partial charge in [0.05, 0.1) is 7.11 Å². The smallest absolute Gasteiger partial charge is 0.128 e. The Morgan fingerprint density at radius 1 is 1.40 bits per heavy atom. The molecule has 2 rings (SSSR count). The van der Waals surface area contributed by atoms with Gasteiger partial charge in [-0.3, -0.25) is 0 Å². The molecule has 84 valence electrons. The number of rotatable bonds is 3. The summed E-state index contributed by atoms with van der Waals surface area (Å²) in [5, 5.41) is 3.07. The predicted octanol–water partition coefficient (Wildman–Crippen LogP) is 1.97. The van der Waals surface area contributed by atoms with Crippen molar-refractivity contribution in [2.75, 3.05) is 13.7 Å². The standard InChI is InChI=1S/C11H14FNO.ClH/c1-14-9-4-2-8(3-5-9)6-11-10(12)7-13-11;/h2-5,10-11,13H,6-7H2,1H3;1H. The molecule has 1 aromatic rings. The van der Waals surface area contributed by atoms with Gasteiger partial charge in [-0.25, -0.2) is 4.39 Å². The molecule has 1 heterocycles. The number of alkyl halides is 1. The van der Waals surface area contributed by atoms with E-state index in [-0.39, 0.29) is 18.4 Å². The van der Waals surface area contributed by atoms with Gasteiger partial charge in [0.1, 0.15) is 11.9 Å². The average molecular weight is 232 g/mol. The molecule has 0 spiro atoms. The van der Waals surface area contributed by atoms with Crippen LogP contribution in [0, 0.1) is 0 Å². The minimum absolute atomic E-state index is 0. The zero-order valence-corrected chi connectivity index (χ0v) is 9.39. The molecule has 1 saturated heterocycles. The van der Waals surface area contributed by atoms with Gasteiger partial charge in [-0.15, -0.1) is 12.4 Å². The molecule has 1 aliphatic heterocycles. The summed E-state index contributed by atoms with van der Waals surface area (Å²) in [5.74, 6) is 0.840. The van der Waals surface area contributed by atoms with Crippen LogP contribution in [0.4, 0.5) is 4.39 Å². The molecule has 0 saturated carbocycles. The highest BCUT2D eigenvalue weighted by Crippen LogP contribution is 2.17. The predicted molar refractivity (Wildman–Crippen MR) is 60.6 cm³/mol. The van der Waals surface area contributed by atoms with Crippen LogP contribution in [0.1, 0.15) is 5.56 Å². The van der Waals surface area contributed by atoms with Crippen LogP contribution < -0.4 is 10.1 Å². The summed E-state index contributed by atoms with van der Waals surface area (Å²) in [7, 11) is 1.64. The van der Waals surface area contributed by atoms with E-state index in [1.165, 1.54) is 0 Å². The first-order chi connectivity index (χ1) is 6.79. The van der Waals surface area contributed by atoms with Crippen molar-refractivity contribution in [1.82, 2.24) is 5.32 Å². The van der Waals surface area contributed by atoms with Crippen molar-refractivity contribution in [3.05, 3.63) is 29.8 Å². The average Bonchev–Trinajstić information content (AvgIpc) is 2.24. The number of hydrogen-bond donors (Lipinski definition) is 1. The summed E-state index contributed by atoms with van der Waals surface area (Å²) in [6, 6.07) is 7.77. The van der Waals surface area contributed by atoms with Crippen molar-refractivity contribution in [3.63, 3.8) is 0 Å². The van der Waals surface area contributed by atoms with Gasteiger partial charge in [0.2, 0.25) is 0 Å². The molecule has 0 aromatic heterocycles. The number of methoxy groups -OCH3 is 1. The van der Waals surface area contributed by atoms with E-state index >= 15 is 0 Å². The SMILES string of the molecule is COc1ccc(CC2NCC2F)cc1.Cl. The highest BCUT2D eigenvalue weighted by molar-refractivity contribution is 5.85. The third-order valence-corrected chi connectivity index (χ3v) is 2.63. The van der Waals surface area contributed by atoms with Crippen LogP contribution in [0.15, 0.2) is 24.3 Å². The first-order valence-corrected chi connectivity index (χ1v) is 4.80. The first-order valence-electron chi connectivity index (χ1n) is 4.80. The lowest BCUT2D eigenvalue weighted by Gasteiger charge is -2.32. The Hall–Kier alpha value is -0.800. The fourth-order valence-electron chi connectivity index (χ4n) is 1.59. The summed E-state index contributed by atoms with van der Waals surface area (Å²) in [4.78, 5) is 0. The van der Waals surface area contributed by atoms with E-state index < -0.39 is 6.17 Å². The Labute approximate surface area is 95.2 Å². The van der Waals surface area contributed by atoms with Gasteiger partial charge in [0, 0.05) is 12.6 Å². The molecule has 2 unspecified atom stereocenters. The Balaban J connectivity index is 0.00000112. The second-order valence-corrected chi connectivity index (χ2v) is 3.58. The molecule has 1 N–H and O–H groups in total. The second-order valence-electron chi connectivity index (χ2n) is 3.58. The maximum atomic E-state index is 12.9. The van der Waals surface area contributed by atoms with Crippen molar-refractivity contribution >= 4 is 12.4 Å². The minimum Gasteiger partial charge on any atom is -0.497 e. The summed E-state index contributed by atoms with van der Waals surface area (Å²) in [5.41, 5.74) is 1.14. The third-order valence-electron chi connectivity index (χ3n) is 2.63. The third kappa shape index (κ3) is 2.83. The molecule has 0 bridgehead atoms. The van der Waals surface area contributed by atoms with E-state index in [0.29, 0.717) is 6.54 Å². The molecular weight excluding hydrogens is 217 g/mol. The second kappa shape index (κ2) is 5.33. The van der Waals surface area contributed by atoms with Crippen LogP contribution in [0.2, 0.25) is 0 Å². The van der Waals surface area contributed by atoms with Gasteiger partial charge in [-0.2, -0.15) is 0 Å². The largest absolute Gasteiger partial charge is 0.497 e. The quantitative estimate of drug-likeness (QED) is 0.859. The number of hydrogen-bond acceptors (Lipinski definition) is 2. The minimum atomic E-state index is -0.683. The van der Waals surface area contributed by atoms with Crippen LogP contribution in [-0.2, 0) is 6.42 Å². The highest BCUT2D eigenvalue weighted by Gasteiger charge is 2.29. The molecule has 2 atom stereocenters. The van der Waals surface area contributed by atoms with Gasteiger partial charge >= 0.3 is 0 Å². The maximum Gasteiger partial charge on any atom is 0.128 e. The molecule has 1 fully saturated rings. The van der Waals surface area contributed by atoms with Crippen molar-refractivity contribution < 1.29 is 9.13 Å². The lowest BCUT2D eigenvalue weighted by Crippen LogP contribution is -2.55. The zero-order chi connectivity index (χ0) is 9.97. The normalized spacial score (nSPS) is 23.9. The molecule has 1 aromatic carbocycles.